The van der Waals surface area contributed by atoms with E-state index in [-0.39, 0.29) is 28.9 Å². The Morgan fingerprint density at radius 1 is 1.27 bits per heavy atom. The minimum Gasteiger partial charge on any atom is -0.393 e. The SMILES string of the molecule is CC(C)Cc1nn(-c2ncc(C(N)=O)c(NC3CCC(O)CC3)n2)c2c1C(=O)CC(C)(C)C2. The number of nitrogens with one attached hydrogen (secondary N) is 1. The zero-order valence-corrected chi connectivity index (χ0v) is 19.9. The molecule has 0 aromatic carbocycles. The van der Waals surface area contributed by atoms with Crippen molar-refractivity contribution in [3.63, 3.8) is 0 Å². The molecule has 2 aliphatic carbocycles. The van der Waals surface area contributed by atoms with E-state index in [9.17, 15) is 14.7 Å². The van der Waals surface area contributed by atoms with Crippen molar-refractivity contribution in [3.8, 4) is 5.95 Å². The van der Waals surface area contributed by atoms with Gasteiger partial charge in [-0.05, 0) is 49.9 Å². The molecule has 0 radical (unpaired) electrons. The largest absolute Gasteiger partial charge is 0.393 e. The predicted molar refractivity (Wildman–Crippen MR) is 125 cm³/mol. The fourth-order valence-corrected chi connectivity index (χ4v) is 4.90. The standard InChI is InChI=1S/C24H34N6O3/c1-13(2)9-17-20-18(10-24(3,4)11-19(20)32)30(29-17)23-26-12-16(21(25)33)22(28-23)27-14-5-7-15(31)8-6-14/h12-15,31H,5-11H2,1-4H3,(H2,25,33)(H,26,27,28). The molecule has 1 saturated carbocycles. The molecule has 0 bridgehead atoms. The molecule has 2 aromatic rings. The second-order valence-electron chi connectivity index (χ2n) is 10.7. The Balaban J connectivity index is 1.77. The number of primary amides is 1. The zero-order chi connectivity index (χ0) is 23.9. The van der Waals surface area contributed by atoms with E-state index in [1.807, 2.05) is 0 Å². The van der Waals surface area contributed by atoms with Gasteiger partial charge in [0.2, 0.25) is 0 Å². The molecular weight excluding hydrogens is 420 g/mol. The van der Waals surface area contributed by atoms with Gasteiger partial charge in [0.05, 0.1) is 28.6 Å². The van der Waals surface area contributed by atoms with Gasteiger partial charge in [0.15, 0.2) is 5.78 Å². The van der Waals surface area contributed by atoms with E-state index >= 15 is 0 Å². The highest BCUT2D eigenvalue weighted by Crippen LogP contribution is 2.37. The number of nitrogens with zero attached hydrogens (tertiary/aromatic N) is 4. The molecule has 2 heterocycles. The summed E-state index contributed by atoms with van der Waals surface area (Å²) in [7, 11) is 0. The van der Waals surface area contributed by atoms with Gasteiger partial charge >= 0.3 is 0 Å². The molecule has 0 saturated heterocycles. The Labute approximate surface area is 194 Å². The van der Waals surface area contributed by atoms with E-state index in [1.54, 1.807) is 4.68 Å². The number of carbonyl (C=O) groups is 2. The summed E-state index contributed by atoms with van der Waals surface area (Å²) < 4.78 is 1.67. The maximum absolute atomic E-state index is 13.1. The molecule has 9 heteroatoms. The zero-order valence-electron chi connectivity index (χ0n) is 19.9. The smallest absolute Gasteiger partial charge is 0.254 e. The summed E-state index contributed by atoms with van der Waals surface area (Å²) in [6, 6.07) is 0.0813. The Morgan fingerprint density at radius 2 is 1.97 bits per heavy atom. The first kappa shape index (κ1) is 23.4. The molecule has 0 atom stereocenters. The van der Waals surface area contributed by atoms with Crippen LogP contribution < -0.4 is 11.1 Å². The van der Waals surface area contributed by atoms with Crippen molar-refractivity contribution < 1.29 is 14.7 Å². The van der Waals surface area contributed by atoms with E-state index in [0.717, 1.165) is 24.2 Å². The number of carbonyl (C=O) groups excluding carboxylic acids is 2. The first-order valence-corrected chi connectivity index (χ1v) is 11.8. The molecule has 0 spiro atoms. The molecule has 178 valence electrons. The fourth-order valence-electron chi connectivity index (χ4n) is 4.90. The minimum atomic E-state index is -0.612. The lowest BCUT2D eigenvalue weighted by atomic mass is 9.75. The van der Waals surface area contributed by atoms with Crippen LogP contribution in [-0.2, 0) is 12.8 Å². The third-order valence-corrected chi connectivity index (χ3v) is 6.49. The van der Waals surface area contributed by atoms with E-state index in [2.05, 4.69) is 43.0 Å². The monoisotopic (exact) mass is 454 g/mol. The van der Waals surface area contributed by atoms with Crippen molar-refractivity contribution in [2.24, 2.45) is 17.1 Å². The number of rotatable bonds is 6. The molecule has 1 fully saturated rings. The molecule has 1 amide bonds. The van der Waals surface area contributed by atoms with Gasteiger partial charge in [0.25, 0.3) is 11.9 Å². The first-order chi connectivity index (χ1) is 15.5. The lowest BCUT2D eigenvalue weighted by Gasteiger charge is -2.29. The van der Waals surface area contributed by atoms with Crippen LogP contribution in [-0.4, -0.2) is 48.7 Å². The van der Waals surface area contributed by atoms with Gasteiger partial charge in [-0.2, -0.15) is 10.1 Å². The summed E-state index contributed by atoms with van der Waals surface area (Å²) in [5.41, 5.74) is 7.91. The number of nitrogens with two attached hydrogens (primary N) is 1. The van der Waals surface area contributed by atoms with E-state index in [4.69, 9.17) is 10.8 Å². The van der Waals surface area contributed by atoms with Gasteiger partial charge in [-0.25, -0.2) is 9.67 Å². The van der Waals surface area contributed by atoms with E-state index < -0.39 is 5.91 Å². The topological polar surface area (TPSA) is 136 Å². The average Bonchev–Trinajstić information content (AvgIpc) is 3.05. The maximum atomic E-state index is 13.1. The lowest BCUT2D eigenvalue weighted by molar-refractivity contribution is 0.0909. The normalized spacial score (nSPS) is 22.3. The van der Waals surface area contributed by atoms with Crippen LogP contribution in [0.5, 0.6) is 0 Å². The van der Waals surface area contributed by atoms with Crippen molar-refractivity contribution >= 4 is 17.5 Å². The lowest BCUT2D eigenvalue weighted by Crippen LogP contribution is -2.30. The number of amides is 1. The molecule has 0 unspecified atom stereocenters. The number of aliphatic hydroxyl groups excluding tert-OH is 1. The summed E-state index contributed by atoms with van der Waals surface area (Å²) in [5.74, 6) is 0.521. The minimum absolute atomic E-state index is 0.0813. The van der Waals surface area contributed by atoms with Gasteiger partial charge in [0, 0.05) is 18.7 Å². The van der Waals surface area contributed by atoms with Crippen molar-refractivity contribution in [2.75, 3.05) is 5.32 Å². The van der Waals surface area contributed by atoms with Crippen LogP contribution in [0.3, 0.4) is 0 Å². The Kier molecular flexibility index (Phi) is 6.26. The number of ketones is 1. The second-order valence-corrected chi connectivity index (χ2v) is 10.7. The van der Waals surface area contributed by atoms with Crippen molar-refractivity contribution in [1.29, 1.82) is 0 Å². The fraction of sp³-hybridized carbons (Fsp3) is 0.625. The van der Waals surface area contributed by atoms with Crippen LogP contribution in [0.4, 0.5) is 5.82 Å². The Hall–Kier alpha value is -2.81. The summed E-state index contributed by atoms with van der Waals surface area (Å²) >= 11 is 0. The molecule has 33 heavy (non-hydrogen) atoms. The predicted octanol–water partition coefficient (Wildman–Crippen LogP) is 2.83. The van der Waals surface area contributed by atoms with Crippen molar-refractivity contribution in [2.45, 2.75) is 84.8 Å². The highest BCUT2D eigenvalue weighted by molar-refractivity contribution is 6.00. The van der Waals surface area contributed by atoms with Gasteiger partial charge < -0.3 is 16.2 Å². The van der Waals surface area contributed by atoms with Crippen molar-refractivity contribution in [3.05, 3.63) is 28.7 Å². The quantitative estimate of drug-likeness (QED) is 0.610. The molecule has 4 rings (SSSR count). The van der Waals surface area contributed by atoms with Crippen LogP contribution in [0.15, 0.2) is 6.20 Å². The third kappa shape index (κ3) is 4.93. The summed E-state index contributed by atoms with van der Waals surface area (Å²) in [6.45, 7) is 8.36. The molecule has 2 aromatic heterocycles. The number of hydrogen-bond donors (Lipinski definition) is 3. The Bertz CT molecular complexity index is 1070. The van der Waals surface area contributed by atoms with Crippen LogP contribution in [0.2, 0.25) is 0 Å². The van der Waals surface area contributed by atoms with Crippen molar-refractivity contribution in [1.82, 2.24) is 19.7 Å². The molecular formula is C24H34N6O3. The Morgan fingerprint density at radius 3 is 2.61 bits per heavy atom. The third-order valence-electron chi connectivity index (χ3n) is 6.49. The molecule has 4 N–H and O–H groups in total. The van der Waals surface area contributed by atoms with Crippen LogP contribution in [0.25, 0.3) is 5.95 Å². The van der Waals surface area contributed by atoms with Crippen LogP contribution in [0, 0.1) is 11.3 Å². The van der Waals surface area contributed by atoms with Gasteiger partial charge in [-0.1, -0.05) is 27.7 Å². The number of anilines is 1. The van der Waals surface area contributed by atoms with Gasteiger partial charge in [-0.3, -0.25) is 9.59 Å². The number of aliphatic hydroxyl groups is 1. The highest BCUT2D eigenvalue weighted by atomic mass is 16.3. The molecule has 9 nitrogen and oxygen atoms in total. The molecule has 0 aliphatic heterocycles. The number of Topliss-reactive ketones (excluding diaryl/α,β-unsaturated/α-hetero) is 1. The van der Waals surface area contributed by atoms with Gasteiger partial charge in [0.1, 0.15) is 5.82 Å². The summed E-state index contributed by atoms with van der Waals surface area (Å²) in [6.07, 6.45) is 5.95. The number of fused-ring (bicyclic) bond motifs is 1. The first-order valence-electron chi connectivity index (χ1n) is 11.8. The number of aromatic nitrogens is 4. The second kappa shape index (κ2) is 8.85. The summed E-state index contributed by atoms with van der Waals surface area (Å²) in [4.78, 5) is 34.2. The molecule has 2 aliphatic rings. The maximum Gasteiger partial charge on any atom is 0.254 e. The van der Waals surface area contributed by atoms with Crippen LogP contribution in [0.1, 0.15) is 91.9 Å². The average molecular weight is 455 g/mol. The summed E-state index contributed by atoms with van der Waals surface area (Å²) in [5, 5.41) is 17.9. The highest BCUT2D eigenvalue weighted by Gasteiger charge is 2.37. The van der Waals surface area contributed by atoms with Gasteiger partial charge in [-0.15, -0.1) is 0 Å². The van der Waals surface area contributed by atoms with Crippen LogP contribution >= 0.6 is 0 Å². The number of hydrogen-bond acceptors (Lipinski definition) is 7. The van der Waals surface area contributed by atoms with E-state index in [1.165, 1.54) is 6.20 Å². The van der Waals surface area contributed by atoms with E-state index in [0.29, 0.717) is 55.4 Å².